The smallest absolute Gasteiger partial charge is 0.191 e. The molecule has 0 N–H and O–H groups in total. The molecule has 0 fully saturated rings. The third-order valence-electron chi connectivity index (χ3n) is 4.34. The molecule has 24 heavy (non-hydrogen) atoms. The zero-order valence-electron chi connectivity index (χ0n) is 13.9. The number of hydrogen-bond donors (Lipinski definition) is 0. The van der Waals surface area contributed by atoms with Gasteiger partial charge < -0.3 is 0 Å². The predicted octanol–water partition coefficient (Wildman–Crippen LogP) is 3.98. The van der Waals surface area contributed by atoms with Crippen LogP contribution in [0.25, 0.3) is 15.9 Å². The van der Waals surface area contributed by atoms with Gasteiger partial charge in [0.25, 0.3) is 0 Å². The zero-order chi connectivity index (χ0) is 16.5. The fourth-order valence-electron chi connectivity index (χ4n) is 3.10. The number of thiophene rings is 1. The van der Waals surface area contributed by atoms with Crippen LogP contribution in [0.4, 0.5) is 0 Å². The number of aromatic nitrogens is 5. The molecule has 3 heterocycles. The van der Waals surface area contributed by atoms with Gasteiger partial charge in [-0.05, 0) is 41.3 Å². The number of hydrogen-bond acceptors (Lipinski definition) is 5. The second-order valence-corrected chi connectivity index (χ2v) is 7.23. The Kier molecular flexibility index (Phi) is 3.98. The molecule has 0 bridgehead atoms. The largest absolute Gasteiger partial charge is 0.221 e. The first-order valence-corrected chi connectivity index (χ1v) is 9.12. The van der Waals surface area contributed by atoms with Crippen molar-refractivity contribution in [2.24, 2.45) is 0 Å². The lowest BCUT2D eigenvalue weighted by Crippen LogP contribution is -2.04. The highest BCUT2D eigenvalue weighted by Crippen LogP contribution is 2.33. The van der Waals surface area contributed by atoms with Gasteiger partial charge in [0.1, 0.15) is 10.7 Å². The Labute approximate surface area is 144 Å². The van der Waals surface area contributed by atoms with Crippen molar-refractivity contribution in [2.75, 3.05) is 0 Å². The third-order valence-corrected chi connectivity index (χ3v) is 5.39. The summed E-state index contributed by atoms with van der Waals surface area (Å²) >= 11 is 1.75. The number of benzene rings is 1. The molecule has 0 saturated heterocycles. The molecule has 0 aliphatic heterocycles. The van der Waals surface area contributed by atoms with Gasteiger partial charge in [-0.3, -0.25) is 0 Å². The maximum Gasteiger partial charge on any atom is 0.191 e. The Morgan fingerprint density at radius 3 is 2.79 bits per heavy atom. The van der Waals surface area contributed by atoms with E-state index in [2.05, 4.69) is 41.5 Å². The molecule has 0 aliphatic carbocycles. The Balaban J connectivity index is 1.88. The molecule has 6 heteroatoms. The van der Waals surface area contributed by atoms with Crippen LogP contribution >= 0.6 is 11.3 Å². The van der Waals surface area contributed by atoms with Crippen LogP contribution < -0.4 is 0 Å². The van der Waals surface area contributed by atoms with Crippen LogP contribution in [0, 0.1) is 6.92 Å². The number of nitrogens with zero attached hydrogens (tertiary/aromatic N) is 5. The number of fused-ring (bicyclic) bond motifs is 3. The maximum absolute atomic E-state index is 4.90. The first-order valence-electron chi connectivity index (χ1n) is 8.30. The van der Waals surface area contributed by atoms with E-state index in [1.807, 2.05) is 18.2 Å². The highest BCUT2D eigenvalue weighted by Gasteiger charge is 2.18. The van der Waals surface area contributed by atoms with E-state index >= 15 is 0 Å². The molecular weight excluding hydrogens is 318 g/mol. The molecular formula is C18H19N5S. The van der Waals surface area contributed by atoms with Crippen molar-refractivity contribution < 1.29 is 0 Å². The van der Waals surface area contributed by atoms with Crippen LogP contribution in [0.5, 0.6) is 0 Å². The van der Waals surface area contributed by atoms with Crippen molar-refractivity contribution in [3.8, 4) is 0 Å². The predicted molar refractivity (Wildman–Crippen MR) is 96.6 cm³/mol. The van der Waals surface area contributed by atoms with E-state index in [1.165, 1.54) is 28.8 Å². The molecule has 0 radical (unpaired) electrons. The number of tetrazole rings is 1. The minimum Gasteiger partial charge on any atom is -0.221 e. The van der Waals surface area contributed by atoms with Crippen molar-refractivity contribution in [3.05, 3.63) is 52.2 Å². The van der Waals surface area contributed by atoms with Crippen LogP contribution in [0.15, 0.2) is 30.3 Å². The van der Waals surface area contributed by atoms with E-state index in [1.54, 1.807) is 15.9 Å². The molecule has 4 aromatic rings. The van der Waals surface area contributed by atoms with Gasteiger partial charge in [0.15, 0.2) is 5.65 Å². The molecule has 122 valence electrons. The Morgan fingerprint density at radius 2 is 2.00 bits per heavy atom. The van der Waals surface area contributed by atoms with Crippen LogP contribution in [0.1, 0.15) is 41.6 Å². The summed E-state index contributed by atoms with van der Waals surface area (Å²) in [4.78, 5) is 7.27. The van der Waals surface area contributed by atoms with Gasteiger partial charge in [-0.2, -0.15) is 4.52 Å². The molecule has 0 spiro atoms. The van der Waals surface area contributed by atoms with Crippen molar-refractivity contribution in [1.82, 2.24) is 25.0 Å². The van der Waals surface area contributed by atoms with E-state index in [4.69, 9.17) is 4.98 Å². The summed E-state index contributed by atoms with van der Waals surface area (Å²) in [6.45, 7) is 4.39. The van der Waals surface area contributed by atoms with Crippen LogP contribution in [0.2, 0.25) is 0 Å². The zero-order valence-corrected chi connectivity index (χ0v) is 14.7. The lowest BCUT2D eigenvalue weighted by molar-refractivity contribution is 0.767. The van der Waals surface area contributed by atoms with Crippen LogP contribution in [-0.2, 0) is 12.8 Å². The van der Waals surface area contributed by atoms with Gasteiger partial charge in [-0.15, -0.1) is 16.4 Å². The van der Waals surface area contributed by atoms with E-state index < -0.39 is 0 Å². The molecule has 0 aliphatic rings. The van der Waals surface area contributed by atoms with E-state index in [-0.39, 0.29) is 0 Å². The van der Waals surface area contributed by atoms with Crippen molar-refractivity contribution in [1.29, 1.82) is 0 Å². The quantitative estimate of drug-likeness (QED) is 0.553. The minimum absolute atomic E-state index is 0.722. The van der Waals surface area contributed by atoms with Gasteiger partial charge in [0.05, 0.1) is 5.39 Å². The summed E-state index contributed by atoms with van der Waals surface area (Å²) < 4.78 is 1.80. The number of rotatable bonds is 5. The van der Waals surface area contributed by atoms with Gasteiger partial charge >= 0.3 is 0 Å². The summed E-state index contributed by atoms with van der Waals surface area (Å²) in [6, 6.07) is 10.3. The monoisotopic (exact) mass is 337 g/mol. The minimum atomic E-state index is 0.722. The van der Waals surface area contributed by atoms with Crippen LogP contribution in [0.3, 0.4) is 0 Å². The van der Waals surface area contributed by atoms with Gasteiger partial charge in [-0.25, -0.2) is 4.98 Å². The topological polar surface area (TPSA) is 56.0 Å². The fraction of sp³-hybridized carbons (Fsp3) is 0.333. The van der Waals surface area contributed by atoms with Gasteiger partial charge in [-0.1, -0.05) is 43.7 Å². The molecule has 3 aromatic heterocycles. The van der Waals surface area contributed by atoms with Crippen molar-refractivity contribution in [3.63, 3.8) is 0 Å². The summed E-state index contributed by atoms with van der Waals surface area (Å²) in [7, 11) is 0. The molecule has 0 atom stereocenters. The SMILES string of the molecule is CCCCc1c(C)sc2nc(Cc3ccccc3)n3nnnc3c12. The molecule has 5 nitrogen and oxygen atoms in total. The molecule has 4 rings (SSSR count). The molecule has 0 amide bonds. The van der Waals surface area contributed by atoms with E-state index in [9.17, 15) is 0 Å². The van der Waals surface area contributed by atoms with Crippen molar-refractivity contribution in [2.45, 2.75) is 39.5 Å². The normalized spacial score (nSPS) is 11.6. The number of aryl methyl sites for hydroxylation is 2. The molecule has 0 saturated carbocycles. The first-order chi connectivity index (χ1) is 11.8. The Bertz CT molecular complexity index is 987. The Hall–Kier alpha value is -2.34. The van der Waals surface area contributed by atoms with Gasteiger partial charge in [0, 0.05) is 11.3 Å². The number of unbranched alkanes of at least 4 members (excludes halogenated alkanes) is 1. The molecule has 1 aromatic carbocycles. The average Bonchev–Trinajstić information content (AvgIpc) is 3.18. The van der Waals surface area contributed by atoms with E-state index in [0.29, 0.717) is 0 Å². The first kappa shape index (κ1) is 15.2. The second kappa shape index (κ2) is 6.28. The highest BCUT2D eigenvalue weighted by molar-refractivity contribution is 7.18. The summed E-state index contributed by atoms with van der Waals surface area (Å²) in [6.07, 6.45) is 4.13. The highest BCUT2D eigenvalue weighted by atomic mass is 32.1. The lowest BCUT2D eigenvalue weighted by Gasteiger charge is -2.05. The van der Waals surface area contributed by atoms with Crippen LogP contribution in [-0.4, -0.2) is 25.0 Å². The average molecular weight is 337 g/mol. The summed E-state index contributed by atoms with van der Waals surface area (Å²) in [5.74, 6) is 0.886. The standard InChI is InChI=1S/C18H19N5S/c1-3-4-10-14-12(2)24-18-16(14)17-20-21-22-23(17)15(19-18)11-13-8-6-5-7-9-13/h5-9H,3-4,10-11H2,1-2H3. The van der Waals surface area contributed by atoms with E-state index in [0.717, 1.165) is 34.5 Å². The third kappa shape index (κ3) is 2.57. The lowest BCUT2D eigenvalue weighted by atomic mass is 10.1. The summed E-state index contributed by atoms with van der Waals surface area (Å²) in [5.41, 5.74) is 3.40. The van der Waals surface area contributed by atoms with Gasteiger partial charge in [0.2, 0.25) is 0 Å². The van der Waals surface area contributed by atoms with Crippen molar-refractivity contribution >= 4 is 27.2 Å². The Morgan fingerprint density at radius 1 is 1.17 bits per heavy atom. The second-order valence-electron chi connectivity index (χ2n) is 6.03. The fourth-order valence-corrected chi connectivity index (χ4v) is 4.19. The molecule has 0 unspecified atom stereocenters. The summed E-state index contributed by atoms with van der Waals surface area (Å²) in [5, 5.41) is 13.5. The maximum atomic E-state index is 4.90.